The Labute approximate surface area is 171 Å². The summed E-state index contributed by atoms with van der Waals surface area (Å²) in [5.41, 5.74) is 3.48. The number of amides is 1. The fourth-order valence-corrected chi connectivity index (χ4v) is 3.57. The molecule has 0 bridgehead atoms. The second-order valence-electron chi connectivity index (χ2n) is 6.93. The maximum atomic E-state index is 12.3. The van der Waals surface area contributed by atoms with Crippen molar-refractivity contribution in [3.05, 3.63) is 64.2 Å². The minimum absolute atomic E-state index is 0.0849. The van der Waals surface area contributed by atoms with Gasteiger partial charge in [0.2, 0.25) is 0 Å². The van der Waals surface area contributed by atoms with Gasteiger partial charge in [-0.1, -0.05) is 49.7 Å². The Hall–Kier alpha value is -1.65. The van der Waals surface area contributed by atoms with Crippen LogP contribution in [0.2, 0.25) is 5.02 Å². The number of benzene rings is 2. The molecule has 0 spiro atoms. The lowest BCUT2D eigenvalue weighted by atomic mass is 10.0. The molecule has 2 aromatic rings. The van der Waals surface area contributed by atoms with Gasteiger partial charge < -0.3 is 10.1 Å². The number of nitrogens with one attached hydrogen (secondary N) is 1. The van der Waals surface area contributed by atoms with E-state index in [0.29, 0.717) is 12.5 Å². The number of aryl methyl sites for hydroxylation is 1. The van der Waals surface area contributed by atoms with E-state index in [2.05, 4.69) is 31.3 Å². The van der Waals surface area contributed by atoms with Crippen molar-refractivity contribution in [1.29, 1.82) is 0 Å². The summed E-state index contributed by atoms with van der Waals surface area (Å²) in [5.74, 6) is 2.81. The normalized spacial score (nSPS) is 12.1. The van der Waals surface area contributed by atoms with E-state index in [1.807, 2.05) is 37.3 Å². The van der Waals surface area contributed by atoms with Gasteiger partial charge in [0, 0.05) is 23.1 Å². The lowest BCUT2D eigenvalue weighted by Gasteiger charge is -2.19. The van der Waals surface area contributed by atoms with Crippen LogP contribution in [0.1, 0.15) is 43.4 Å². The first-order valence-electron chi connectivity index (χ1n) is 9.24. The lowest BCUT2D eigenvalue weighted by Crippen LogP contribution is -2.37. The van der Waals surface area contributed by atoms with Crippen molar-refractivity contribution in [3.8, 4) is 5.75 Å². The first-order valence-corrected chi connectivity index (χ1v) is 10.8. The minimum Gasteiger partial charge on any atom is -0.481 e. The van der Waals surface area contributed by atoms with Gasteiger partial charge in [0.05, 0.1) is 0 Å². The van der Waals surface area contributed by atoms with E-state index < -0.39 is 6.10 Å². The molecule has 0 radical (unpaired) electrons. The molecule has 1 amide bonds. The summed E-state index contributed by atoms with van der Waals surface area (Å²) in [4.78, 5) is 12.3. The molecular formula is C22H28ClNO2S. The fourth-order valence-electron chi connectivity index (χ4n) is 2.63. The van der Waals surface area contributed by atoms with E-state index in [4.69, 9.17) is 16.3 Å². The molecule has 0 saturated carbocycles. The van der Waals surface area contributed by atoms with E-state index in [-0.39, 0.29) is 5.91 Å². The molecule has 0 saturated heterocycles. The van der Waals surface area contributed by atoms with Crippen LogP contribution in [0.15, 0.2) is 42.5 Å². The molecule has 0 aliphatic rings. The maximum absolute atomic E-state index is 12.3. The van der Waals surface area contributed by atoms with Gasteiger partial charge >= 0.3 is 0 Å². The first-order chi connectivity index (χ1) is 12.9. The quantitative estimate of drug-likeness (QED) is 0.552. The highest BCUT2D eigenvalue weighted by Gasteiger charge is 2.17. The number of rotatable bonds is 9. The standard InChI is InChI=1S/C22H28ClNO2S/c1-15(2)20-10-5-16(3)13-21(20)26-17(4)22(25)24-11-12-27-14-18-6-8-19(23)9-7-18/h5-10,13,15,17H,11-12,14H2,1-4H3,(H,24,25)/t17-/m1/s1. The van der Waals surface area contributed by atoms with Crippen LogP contribution in [0.25, 0.3) is 0 Å². The first kappa shape index (κ1) is 21.6. The predicted octanol–water partition coefficient (Wildman–Crippen LogP) is 5.59. The van der Waals surface area contributed by atoms with Gasteiger partial charge in [-0.15, -0.1) is 0 Å². The minimum atomic E-state index is -0.523. The molecule has 2 aromatic carbocycles. The van der Waals surface area contributed by atoms with Crippen LogP contribution in [-0.2, 0) is 10.5 Å². The molecule has 146 valence electrons. The van der Waals surface area contributed by atoms with Gasteiger partial charge in [0.25, 0.3) is 5.91 Å². The van der Waals surface area contributed by atoms with Crippen LogP contribution in [-0.4, -0.2) is 24.3 Å². The topological polar surface area (TPSA) is 38.3 Å². The Balaban J connectivity index is 1.76. The largest absolute Gasteiger partial charge is 0.481 e. The molecule has 27 heavy (non-hydrogen) atoms. The predicted molar refractivity (Wildman–Crippen MR) is 116 cm³/mol. The Kier molecular flexibility index (Phi) is 8.52. The monoisotopic (exact) mass is 405 g/mol. The van der Waals surface area contributed by atoms with Crippen molar-refractivity contribution in [2.45, 2.75) is 45.5 Å². The Morgan fingerprint density at radius 3 is 2.52 bits per heavy atom. The van der Waals surface area contributed by atoms with Crippen molar-refractivity contribution >= 4 is 29.3 Å². The summed E-state index contributed by atoms with van der Waals surface area (Å²) in [6, 6.07) is 14.0. The average molecular weight is 406 g/mol. The number of thioether (sulfide) groups is 1. The van der Waals surface area contributed by atoms with Gasteiger partial charge in [-0.2, -0.15) is 11.8 Å². The number of hydrogen-bond donors (Lipinski definition) is 1. The number of carbonyl (C=O) groups excluding carboxylic acids is 1. The van der Waals surface area contributed by atoms with Crippen LogP contribution < -0.4 is 10.1 Å². The van der Waals surface area contributed by atoms with E-state index in [9.17, 15) is 4.79 Å². The molecule has 1 atom stereocenters. The van der Waals surface area contributed by atoms with E-state index in [1.165, 1.54) is 5.56 Å². The highest BCUT2D eigenvalue weighted by molar-refractivity contribution is 7.98. The van der Waals surface area contributed by atoms with Crippen molar-refractivity contribution in [2.75, 3.05) is 12.3 Å². The second kappa shape index (κ2) is 10.6. The SMILES string of the molecule is Cc1ccc(C(C)C)c(O[C@H](C)C(=O)NCCSCc2ccc(Cl)cc2)c1. The zero-order valence-corrected chi connectivity index (χ0v) is 18.0. The molecule has 3 nitrogen and oxygen atoms in total. The molecule has 0 aliphatic heterocycles. The second-order valence-corrected chi connectivity index (χ2v) is 8.47. The maximum Gasteiger partial charge on any atom is 0.260 e. The van der Waals surface area contributed by atoms with Gasteiger partial charge in [0.15, 0.2) is 6.10 Å². The molecule has 0 unspecified atom stereocenters. The number of carbonyl (C=O) groups is 1. The van der Waals surface area contributed by atoms with Crippen molar-refractivity contribution in [3.63, 3.8) is 0 Å². The Morgan fingerprint density at radius 2 is 1.85 bits per heavy atom. The fraction of sp³-hybridized carbons (Fsp3) is 0.409. The molecule has 2 rings (SSSR count). The summed E-state index contributed by atoms with van der Waals surface area (Å²) >= 11 is 7.67. The summed E-state index contributed by atoms with van der Waals surface area (Å²) in [7, 11) is 0. The van der Waals surface area contributed by atoms with Crippen molar-refractivity contribution in [1.82, 2.24) is 5.32 Å². The summed E-state index contributed by atoms with van der Waals surface area (Å²) in [6.07, 6.45) is -0.523. The van der Waals surface area contributed by atoms with Crippen LogP contribution in [0, 0.1) is 6.92 Å². The zero-order valence-electron chi connectivity index (χ0n) is 16.4. The van der Waals surface area contributed by atoms with Crippen LogP contribution in [0.4, 0.5) is 0 Å². The molecule has 0 aliphatic carbocycles. The molecule has 0 heterocycles. The average Bonchev–Trinajstić information content (AvgIpc) is 2.62. The highest BCUT2D eigenvalue weighted by atomic mass is 35.5. The van der Waals surface area contributed by atoms with Crippen LogP contribution >= 0.6 is 23.4 Å². The van der Waals surface area contributed by atoms with Crippen LogP contribution in [0.5, 0.6) is 5.75 Å². The lowest BCUT2D eigenvalue weighted by molar-refractivity contribution is -0.127. The van der Waals surface area contributed by atoms with Crippen molar-refractivity contribution < 1.29 is 9.53 Å². The molecule has 0 aromatic heterocycles. The number of hydrogen-bond acceptors (Lipinski definition) is 3. The Morgan fingerprint density at radius 1 is 1.15 bits per heavy atom. The summed E-state index contributed by atoms with van der Waals surface area (Å²) in [5, 5.41) is 3.70. The van der Waals surface area contributed by atoms with Gasteiger partial charge in [-0.05, 0) is 54.7 Å². The van der Waals surface area contributed by atoms with Gasteiger partial charge in [0.1, 0.15) is 5.75 Å². The van der Waals surface area contributed by atoms with E-state index >= 15 is 0 Å². The van der Waals surface area contributed by atoms with Gasteiger partial charge in [-0.25, -0.2) is 0 Å². The smallest absolute Gasteiger partial charge is 0.260 e. The molecule has 0 fully saturated rings. The summed E-state index contributed by atoms with van der Waals surface area (Å²) in [6.45, 7) is 8.69. The zero-order chi connectivity index (χ0) is 19.8. The van der Waals surface area contributed by atoms with Crippen molar-refractivity contribution in [2.24, 2.45) is 0 Å². The highest BCUT2D eigenvalue weighted by Crippen LogP contribution is 2.28. The van der Waals surface area contributed by atoms with Crippen LogP contribution in [0.3, 0.4) is 0 Å². The van der Waals surface area contributed by atoms with E-state index in [1.54, 1.807) is 18.7 Å². The number of ether oxygens (including phenoxy) is 1. The third-order valence-electron chi connectivity index (χ3n) is 4.19. The van der Waals surface area contributed by atoms with Gasteiger partial charge in [-0.3, -0.25) is 4.79 Å². The third kappa shape index (κ3) is 7.11. The number of halogens is 1. The molecule has 1 N–H and O–H groups in total. The summed E-state index contributed by atoms with van der Waals surface area (Å²) < 4.78 is 5.96. The third-order valence-corrected chi connectivity index (χ3v) is 5.47. The Bertz CT molecular complexity index is 746. The molecule has 5 heteroatoms. The molecular weight excluding hydrogens is 378 g/mol. The van der Waals surface area contributed by atoms with E-state index in [0.717, 1.165) is 33.4 Å².